The van der Waals surface area contributed by atoms with Crippen molar-refractivity contribution in [1.29, 1.82) is 0 Å². The SMILES string of the molecule is O=C1CC2(COCCN(Cc3ccc(-c4csnn4)cc3)C2)CN1Cc1cncs1. The molecule has 0 aliphatic carbocycles. The minimum Gasteiger partial charge on any atom is -0.379 e. The van der Waals surface area contributed by atoms with Crippen LogP contribution in [0.25, 0.3) is 11.3 Å². The van der Waals surface area contributed by atoms with E-state index in [-0.39, 0.29) is 11.3 Å². The fourth-order valence-electron chi connectivity index (χ4n) is 4.38. The van der Waals surface area contributed by atoms with Crippen LogP contribution in [0.4, 0.5) is 0 Å². The molecule has 30 heavy (non-hydrogen) atoms. The molecule has 0 N–H and O–H groups in total. The number of nitrogens with zero attached hydrogens (tertiary/aromatic N) is 5. The molecular formula is C21H23N5O2S2. The highest BCUT2D eigenvalue weighted by Gasteiger charge is 2.45. The summed E-state index contributed by atoms with van der Waals surface area (Å²) in [6, 6.07) is 8.52. The van der Waals surface area contributed by atoms with Crippen LogP contribution in [0.1, 0.15) is 16.9 Å². The van der Waals surface area contributed by atoms with Crippen molar-refractivity contribution in [2.45, 2.75) is 19.5 Å². The molecule has 1 unspecified atom stereocenters. The maximum Gasteiger partial charge on any atom is 0.223 e. The Morgan fingerprint density at radius 2 is 2.07 bits per heavy atom. The summed E-state index contributed by atoms with van der Waals surface area (Å²) >= 11 is 2.96. The van der Waals surface area contributed by atoms with Crippen molar-refractivity contribution < 1.29 is 9.53 Å². The Morgan fingerprint density at radius 3 is 2.83 bits per heavy atom. The van der Waals surface area contributed by atoms with Gasteiger partial charge in [0.25, 0.3) is 0 Å². The second kappa shape index (κ2) is 8.50. The van der Waals surface area contributed by atoms with Gasteiger partial charge in [-0.15, -0.1) is 16.4 Å². The van der Waals surface area contributed by atoms with Gasteiger partial charge in [0.15, 0.2) is 0 Å². The maximum atomic E-state index is 12.7. The van der Waals surface area contributed by atoms with Gasteiger partial charge in [0.05, 0.1) is 25.3 Å². The highest BCUT2D eigenvalue weighted by atomic mass is 32.1. The summed E-state index contributed by atoms with van der Waals surface area (Å²) < 4.78 is 9.89. The predicted molar refractivity (Wildman–Crippen MR) is 116 cm³/mol. The van der Waals surface area contributed by atoms with Crippen LogP contribution < -0.4 is 0 Å². The molecule has 2 fully saturated rings. The third kappa shape index (κ3) is 4.29. The van der Waals surface area contributed by atoms with E-state index in [4.69, 9.17) is 4.74 Å². The highest BCUT2D eigenvalue weighted by Crippen LogP contribution is 2.35. The summed E-state index contributed by atoms with van der Waals surface area (Å²) in [6.07, 6.45) is 2.41. The second-order valence-corrected chi connectivity index (χ2v) is 9.73. The maximum absolute atomic E-state index is 12.7. The van der Waals surface area contributed by atoms with Gasteiger partial charge in [-0.3, -0.25) is 14.7 Å². The van der Waals surface area contributed by atoms with Crippen molar-refractivity contribution in [2.75, 3.05) is 32.8 Å². The average Bonchev–Trinajstić information content (AvgIpc) is 3.47. The third-order valence-corrected chi connectivity index (χ3v) is 7.04. The molecule has 1 aromatic carbocycles. The number of benzene rings is 1. The first kappa shape index (κ1) is 19.7. The van der Waals surface area contributed by atoms with Gasteiger partial charge < -0.3 is 9.64 Å². The number of rotatable bonds is 5. The van der Waals surface area contributed by atoms with Gasteiger partial charge >= 0.3 is 0 Å². The van der Waals surface area contributed by atoms with E-state index in [2.05, 4.69) is 43.7 Å². The standard InChI is InChI=1S/C21H23N5O2S2/c27-20-7-21(13-26(20)10-18-8-22-15-29-18)12-25(5-6-28-14-21)9-16-1-3-17(4-2-16)19-11-30-24-23-19/h1-4,8,11,15H,5-7,9-10,12-14H2. The number of thiazole rings is 1. The summed E-state index contributed by atoms with van der Waals surface area (Å²) in [4.78, 5) is 22.4. The van der Waals surface area contributed by atoms with Gasteiger partial charge in [-0.25, -0.2) is 0 Å². The van der Waals surface area contributed by atoms with E-state index < -0.39 is 0 Å². The first-order valence-electron chi connectivity index (χ1n) is 10.0. The van der Waals surface area contributed by atoms with Crippen LogP contribution in [0.5, 0.6) is 0 Å². The summed E-state index contributed by atoms with van der Waals surface area (Å²) in [5, 5.41) is 6.09. The number of carbonyl (C=O) groups excluding carboxylic acids is 1. The summed E-state index contributed by atoms with van der Waals surface area (Å²) in [5.41, 5.74) is 4.94. The Bertz CT molecular complexity index is 978. The van der Waals surface area contributed by atoms with Gasteiger partial charge in [0.1, 0.15) is 5.69 Å². The van der Waals surface area contributed by atoms with Crippen molar-refractivity contribution in [3.8, 4) is 11.3 Å². The Kier molecular flexibility index (Phi) is 5.60. The number of carbonyl (C=O) groups is 1. The van der Waals surface area contributed by atoms with Crippen LogP contribution in [0.2, 0.25) is 0 Å². The Morgan fingerprint density at radius 1 is 1.17 bits per heavy atom. The Balaban J connectivity index is 1.26. The quantitative estimate of drug-likeness (QED) is 0.606. The molecular weight excluding hydrogens is 418 g/mol. The molecule has 2 aliphatic rings. The molecule has 9 heteroatoms. The lowest BCUT2D eigenvalue weighted by Crippen LogP contribution is -2.40. The van der Waals surface area contributed by atoms with Crippen LogP contribution in [0.15, 0.2) is 41.4 Å². The number of hydrogen-bond donors (Lipinski definition) is 0. The molecule has 0 saturated carbocycles. The first-order valence-corrected chi connectivity index (χ1v) is 11.7. The van der Waals surface area contributed by atoms with Crippen molar-refractivity contribution in [2.24, 2.45) is 5.41 Å². The minimum atomic E-state index is -0.134. The third-order valence-electron chi connectivity index (χ3n) is 5.77. The number of amides is 1. The van der Waals surface area contributed by atoms with Gasteiger partial charge in [0, 0.05) is 60.0 Å². The summed E-state index contributed by atoms with van der Waals surface area (Å²) in [7, 11) is 0. The van der Waals surface area contributed by atoms with Crippen LogP contribution in [0.3, 0.4) is 0 Å². The van der Waals surface area contributed by atoms with E-state index in [9.17, 15) is 4.79 Å². The van der Waals surface area contributed by atoms with Crippen molar-refractivity contribution in [1.82, 2.24) is 24.4 Å². The molecule has 3 aromatic rings. The largest absolute Gasteiger partial charge is 0.379 e. The molecule has 0 radical (unpaired) electrons. The molecule has 2 saturated heterocycles. The zero-order chi connectivity index (χ0) is 20.4. The number of ether oxygens (including phenoxy) is 1. The lowest BCUT2D eigenvalue weighted by Gasteiger charge is -2.31. The second-order valence-electron chi connectivity index (χ2n) is 8.14. The van der Waals surface area contributed by atoms with E-state index >= 15 is 0 Å². The lowest BCUT2D eigenvalue weighted by molar-refractivity contribution is -0.128. The average molecular weight is 442 g/mol. The molecule has 1 spiro atoms. The normalized spacial score (nSPS) is 22.7. The summed E-state index contributed by atoms with van der Waals surface area (Å²) in [5.74, 6) is 0.218. The first-order chi connectivity index (χ1) is 14.7. The van der Waals surface area contributed by atoms with Crippen LogP contribution >= 0.6 is 22.9 Å². The van der Waals surface area contributed by atoms with Gasteiger partial charge in [-0.1, -0.05) is 28.8 Å². The zero-order valence-corrected chi connectivity index (χ0v) is 18.2. The Labute approximate surface area is 183 Å². The number of likely N-dealkylation sites (tertiary alicyclic amines) is 1. The number of aromatic nitrogens is 3. The predicted octanol–water partition coefficient (Wildman–Crippen LogP) is 2.91. The lowest BCUT2D eigenvalue weighted by atomic mass is 9.87. The fourth-order valence-corrected chi connectivity index (χ4v) is 5.46. The molecule has 4 heterocycles. The van der Waals surface area contributed by atoms with Crippen molar-refractivity contribution >= 4 is 28.8 Å². The molecule has 156 valence electrons. The van der Waals surface area contributed by atoms with E-state index in [1.54, 1.807) is 11.3 Å². The van der Waals surface area contributed by atoms with Crippen LogP contribution in [-0.2, 0) is 22.6 Å². The highest BCUT2D eigenvalue weighted by molar-refractivity contribution is 7.09. The minimum absolute atomic E-state index is 0.134. The summed E-state index contributed by atoms with van der Waals surface area (Å²) in [6.45, 7) is 5.34. The molecule has 1 atom stereocenters. The molecule has 7 nitrogen and oxygen atoms in total. The van der Waals surface area contributed by atoms with Crippen LogP contribution in [0, 0.1) is 5.41 Å². The van der Waals surface area contributed by atoms with Gasteiger partial charge in [-0.05, 0) is 17.1 Å². The Hall–Kier alpha value is -2.20. The van der Waals surface area contributed by atoms with Crippen molar-refractivity contribution in [3.05, 3.63) is 51.8 Å². The number of hydrogen-bond acceptors (Lipinski definition) is 8. The molecule has 1 amide bonds. The van der Waals surface area contributed by atoms with Crippen LogP contribution in [-0.4, -0.2) is 63.1 Å². The molecule has 2 aromatic heterocycles. The van der Waals surface area contributed by atoms with Gasteiger partial charge in [0.2, 0.25) is 5.91 Å². The zero-order valence-electron chi connectivity index (χ0n) is 16.6. The monoisotopic (exact) mass is 441 g/mol. The molecule has 0 bridgehead atoms. The fraction of sp³-hybridized carbons (Fsp3) is 0.429. The molecule has 5 rings (SSSR count). The van der Waals surface area contributed by atoms with E-state index in [0.717, 1.165) is 42.3 Å². The van der Waals surface area contributed by atoms with Crippen molar-refractivity contribution in [3.63, 3.8) is 0 Å². The smallest absolute Gasteiger partial charge is 0.223 e. The van der Waals surface area contributed by atoms with Gasteiger partial charge in [-0.2, -0.15) is 0 Å². The van der Waals surface area contributed by atoms with E-state index in [1.165, 1.54) is 17.1 Å². The topological polar surface area (TPSA) is 71.5 Å². The van der Waals surface area contributed by atoms with E-state index in [1.807, 2.05) is 22.0 Å². The van der Waals surface area contributed by atoms with E-state index in [0.29, 0.717) is 26.2 Å². The molecule has 2 aliphatic heterocycles.